The average molecular weight is 362 g/mol. The number of hydrogen-bond acceptors (Lipinski definition) is 4. The van der Waals surface area contributed by atoms with Crippen LogP contribution in [0, 0.1) is 6.57 Å². The lowest BCUT2D eigenvalue weighted by Crippen LogP contribution is -2.05. The largest absolute Gasteiger partial charge is 0.362 e. The molecule has 3 aromatic heterocycles. The lowest BCUT2D eigenvalue weighted by Gasteiger charge is -2.09. The van der Waals surface area contributed by atoms with Gasteiger partial charge < -0.3 is 19.3 Å². The molecule has 1 N–H and O–H groups in total. The molecule has 22 heavy (non-hydrogen) atoms. The number of ether oxygens (including phenoxy) is 2. The Kier molecular flexibility index (Phi) is 3.94. The molecule has 0 aromatic carbocycles. The Morgan fingerprint density at radius 2 is 2.14 bits per heavy atom. The van der Waals surface area contributed by atoms with E-state index in [2.05, 4.69) is 35.7 Å². The molecule has 0 unspecified atom stereocenters. The summed E-state index contributed by atoms with van der Waals surface area (Å²) in [5, 5.41) is 0. The number of nitrogens with one attached hydrogen (secondary N) is 1. The van der Waals surface area contributed by atoms with Crippen molar-refractivity contribution in [2.75, 3.05) is 14.2 Å². The molecule has 0 fully saturated rings. The Balaban J connectivity index is 2.09. The van der Waals surface area contributed by atoms with E-state index >= 15 is 0 Å². The van der Waals surface area contributed by atoms with Crippen LogP contribution < -0.4 is 0 Å². The Morgan fingerprint density at radius 1 is 1.36 bits per heavy atom. The minimum atomic E-state index is -0.569. The van der Waals surface area contributed by atoms with Crippen LogP contribution in [0.5, 0.6) is 0 Å². The molecule has 0 radical (unpaired) electrons. The Hall–Kier alpha value is -2.21. The van der Waals surface area contributed by atoms with E-state index in [1.807, 2.05) is 18.3 Å². The standard InChI is InChI=1S/C14H12BrN5O2/c1-16-10-6-17-9-5-4-8(7-20(9)10)11-12(15)19-13(18-11)14(21-2)22-3/h4-7,14H,2-3H3,(H,18,19). The topological polar surface area (TPSA) is 68.8 Å². The number of halogens is 1. The summed E-state index contributed by atoms with van der Waals surface area (Å²) in [6.07, 6.45) is 2.80. The van der Waals surface area contributed by atoms with Gasteiger partial charge in [-0.3, -0.25) is 0 Å². The molecule has 0 bridgehead atoms. The van der Waals surface area contributed by atoms with Crippen LogP contribution in [0.1, 0.15) is 12.1 Å². The Morgan fingerprint density at radius 3 is 2.82 bits per heavy atom. The maximum absolute atomic E-state index is 7.17. The SMILES string of the molecule is [C-]#[N+]c1cnc2ccc(-c3nc(C(OC)OC)[nH]c3Br)cn12. The van der Waals surface area contributed by atoms with Crippen LogP contribution >= 0.6 is 15.9 Å². The van der Waals surface area contributed by atoms with Crippen LogP contribution in [0.3, 0.4) is 0 Å². The number of nitrogens with zero attached hydrogens (tertiary/aromatic N) is 4. The van der Waals surface area contributed by atoms with E-state index in [4.69, 9.17) is 16.0 Å². The lowest BCUT2D eigenvalue weighted by molar-refractivity contribution is -0.111. The number of hydrogen-bond donors (Lipinski definition) is 1. The molecule has 0 spiro atoms. The highest BCUT2D eigenvalue weighted by atomic mass is 79.9. The molecule has 0 amide bonds. The summed E-state index contributed by atoms with van der Waals surface area (Å²) in [6.45, 7) is 7.17. The van der Waals surface area contributed by atoms with E-state index < -0.39 is 6.29 Å². The fraction of sp³-hybridized carbons (Fsp3) is 0.214. The highest BCUT2D eigenvalue weighted by Gasteiger charge is 2.19. The molecule has 0 saturated heterocycles. The second kappa shape index (κ2) is 5.88. The molecular weight excluding hydrogens is 350 g/mol. The predicted octanol–water partition coefficient (Wildman–Crippen LogP) is 3.33. The number of H-pyrrole nitrogens is 1. The van der Waals surface area contributed by atoms with Crippen LogP contribution in [0.25, 0.3) is 21.7 Å². The monoisotopic (exact) mass is 361 g/mol. The summed E-state index contributed by atoms with van der Waals surface area (Å²) in [6, 6.07) is 3.74. The number of imidazole rings is 2. The highest BCUT2D eigenvalue weighted by molar-refractivity contribution is 9.10. The smallest absolute Gasteiger partial charge is 0.254 e. The van der Waals surface area contributed by atoms with E-state index in [-0.39, 0.29) is 0 Å². The van der Waals surface area contributed by atoms with Gasteiger partial charge in [0, 0.05) is 25.8 Å². The molecule has 0 saturated carbocycles. The van der Waals surface area contributed by atoms with Crippen molar-refractivity contribution in [2.45, 2.75) is 6.29 Å². The van der Waals surface area contributed by atoms with Crippen molar-refractivity contribution in [3.8, 4) is 11.3 Å². The predicted molar refractivity (Wildman–Crippen MR) is 83.5 cm³/mol. The van der Waals surface area contributed by atoms with Crippen LogP contribution in [0.15, 0.2) is 29.1 Å². The minimum absolute atomic E-state index is 0.454. The summed E-state index contributed by atoms with van der Waals surface area (Å²) in [7, 11) is 3.09. The van der Waals surface area contributed by atoms with Crippen molar-refractivity contribution < 1.29 is 9.47 Å². The first-order valence-electron chi connectivity index (χ1n) is 6.34. The zero-order chi connectivity index (χ0) is 15.7. The van der Waals surface area contributed by atoms with Gasteiger partial charge in [0.25, 0.3) is 5.82 Å². The minimum Gasteiger partial charge on any atom is -0.362 e. The van der Waals surface area contributed by atoms with Crippen molar-refractivity contribution in [3.05, 3.63) is 46.4 Å². The summed E-state index contributed by atoms with van der Waals surface area (Å²) < 4.78 is 12.8. The molecule has 112 valence electrons. The van der Waals surface area contributed by atoms with Gasteiger partial charge in [-0.05, 0) is 22.0 Å². The van der Waals surface area contributed by atoms with E-state index in [9.17, 15) is 0 Å². The average Bonchev–Trinajstić information content (AvgIpc) is 3.11. The fourth-order valence-electron chi connectivity index (χ4n) is 2.18. The Bertz CT molecular complexity index is 860. The molecular formula is C14H12BrN5O2. The lowest BCUT2D eigenvalue weighted by atomic mass is 10.2. The van der Waals surface area contributed by atoms with Gasteiger partial charge in [0.1, 0.15) is 10.3 Å². The van der Waals surface area contributed by atoms with Crippen LogP contribution in [-0.4, -0.2) is 33.6 Å². The van der Waals surface area contributed by atoms with Crippen molar-refractivity contribution in [3.63, 3.8) is 0 Å². The third kappa shape index (κ3) is 2.39. The highest BCUT2D eigenvalue weighted by Crippen LogP contribution is 2.29. The maximum atomic E-state index is 7.17. The fourth-order valence-corrected chi connectivity index (χ4v) is 2.70. The number of aromatic nitrogens is 4. The second-order valence-electron chi connectivity index (χ2n) is 4.46. The van der Waals surface area contributed by atoms with Gasteiger partial charge in [0.15, 0.2) is 5.82 Å². The summed E-state index contributed by atoms with van der Waals surface area (Å²) in [5.74, 6) is 1.01. The van der Waals surface area contributed by atoms with Crippen molar-refractivity contribution in [2.24, 2.45) is 0 Å². The zero-order valence-electron chi connectivity index (χ0n) is 11.9. The zero-order valence-corrected chi connectivity index (χ0v) is 13.5. The normalized spacial score (nSPS) is 11.2. The number of pyridine rings is 1. The summed E-state index contributed by atoms with van der Waals surface area (Å²) in [4.78, 5) is 15.2. The number of fused-ring (bicyclic) bond motifs is 1. The molecule has 7 nitrogen and oxygen atoms in total. The van der Waals surface area contributed by atoms with Gasteiger partial charge in [-0.2, -0.15) is 0 Å². The number of rotatable bonds is 4. The van der Waals surface area contributed by atoms with Gasteiger partial charge >= 0.3 is 0 Å². The van der Waals surface area contributed by atoms with Gasteiger partial charge in [-0.15, -0.1) is 0 Å². The van der Waals surface area contributed by atoms with E-state index in [0.717, 1.165) is 5.56 Å². The molecule has 0 aliphatic heterocycles. The summed E-state index contributed by atoms with van der Waals surface area (Å²) in [5.41, 5.74) is 2.27. The van der Waals surface area contributed by atoms with Crippen molar-refractivity contribution in [1.29, 1.82) is 0 Å². The first-order valence-corrected chi connectivity index (χ1v) is 7.13. The Labute approximate surface area is 134 Å². The van der Waals surface area contributed by atoms with Gasteiger partial charge in [0.05, 0.1) is 12.4 Å². The second-order valence-corrected chi connectivity index (χ2v) is 5.26. The van der Waals surface area contributed by atoms with Crippen molar-refractivity contribution in [1.82, 2.24) is 19.4 Å². The van der Waals surface area contributed by atoms with E-state index in [0.29, 0.717) is 27.6 Å². The molecule has 3 rings (SSSR count). The van der Waals surface area contributed by atoms with E-state index in [1.54, 1.807) is 24.8 Å². The third-order valence-electron chi connectivity index (χ3n) is 3.20. The van der Waals surface area contributed by atoms with Crippen LogP contribution in [-0.2, 0) is 9.47 Å². The molecule has 8 heteroatoms. The van der Waals surface area contributed by atoms with Gasteiger partial charge in [-0.1, -0.05) is 6.57 Å². The van der Waals surface area contributed by atoms with Gasteiger partial charge in [0.2, 0.25) is 11.9 Å². The quantitative estimate of drug-likeness (QED) is 0.571. The third-order valence-corrected chi connectivity index (χ3v) is 3.78. The van der Waals surface area contributed by atoms with E-state index in [1.165, 1.54) is 0 Å². The van der Waals surface area contributed by atoms with Gasteiger partial charge in [-0.25, -0.2) is 14.4 Å². The van der Waals surface area contributed by atoms with Crippen LogP contribution in [0.2, 0.25) is 0 Å². The molecule has 3 aromatic rings. The molecule has 0 aliphatic rings. The number of aromatic amines is 1. The maximum Gasteiger partial charge on any atom is 0.254 e. The van der Waals surface area contributed by atoms with Crippen molar-refractivity contribution >= 4 is 27.4 Å². The molecule has 3 heterocycles. The summed E-state index contributed by atoms with van der Waals surface area (Å²) >= 11 is 3.46. The molecule has 0 atom stereocenters. The number of methoxy groups -OCH3 is 2. The molecule has 0 aliphatic carbocycles. The first-order chi connectivity index (χ1) is 10.7. The van der Waals surface area contributed by atoms with Crippen LogP contribution in [0.4, 0.5) is 5.82 Å². The first kappa shape index (κ1) is 14.7.